The third-order valence-electron chi connectivity index (χ3n) is 1.68. The molecule has 82 valence electrons. The van der Waals surface area contributed by atoms with Crippen LogP contribution in [0.15, 0.2) is 37.2 Å². The Morgan fingerprint density at radius 1 is 1.67 bits per heavy atom. The lowest BCUT2D eigenvalue weighted by Gasteiger charge is -1.98. The molecule has 0 fully saturated rings. The number of ether oxygens (including phenoxy) is 1. The zero-order valence-corrected chi connectivity index (χ0v) is 10.2. The Hall–Kier alpha value is -1.16. The van der Waals surface area contributed by atoms with Crippen molar-refractivity contribution < 1.29 is 31.1 Å². The molecule has 0 bridgehead atoms. The van der Waals surface area contributed by atoms with Crippen LogP contribution in [0.4, 0.5) is 0 Å². The van der Waals surface area contributed by atoms with Crippen molar-refractivity contribution in [2.24, 2.45) is 0 Å². The molecule has 1 rings (SSSR count). The summed E-state index contributed by atoms with van der Waals surface area (Å²) < 4.78 is 6.65. The van der Waals surface area contributed by atoms with Crippen LogP contribution in [0.25, 0.3) is 0 Å². The number of rotatable bonds is 4. The van der Waals surface area contributed by atoms with E-state index in [4.69, 9.17) is 4.74 Å². The molecule has 15 heavy (non-hydrogen) atoms. The number of carbonyl (C=O) groups is 1. The predicted octanol–water partition coefficient (Wildman–Crippen LogP) is -1.98. The van der Waals surface area contributed by atoms with Gasteiger partial charge in [-0.2, -0.15) is 4.57 Å². The van der Waals surface area contributed by atoms with E-state index >= 15 is 0 Å². The van der Waals surface area contributed by atoms with Crippen molar-refractivity contribution in [1.29, 1.82) is 0 Å². The minimum atomic E-state index is -0.250. The smallest absolute Gasteiger partial charge is 0.372 e. The Bertz CT molecular complexity index is 339. The van der Waals surface area contributed by atoms with Gasteiger partial charge in [0.1, 0.15) is 6.61 Å². The number of aromatic nitrogens is 1. The Morgan fingerprint density at radius 2 is 2.40 bits per heavy atom. The van der Waals surface area contributed by atoms with E-state index < -0.39 is 0 Å². The van der Waals surface area contributed by atoms with Gasteiger partial charge in [0.2, 0.25) is 6.54 Å². The molecular weight excluding hydrogens is 258 g/mol. The van der Waals surface area contributed by atoms with Crippen molar-refractivity contribution in [3.63, 3.8) is 0 Å². The van der Waals surface area contributed by atoms with E-state index in [0.29, 0.717) is 0 Å². The topological polar surface area (TPSA) is 30.2 Å². The minimum Gasteiger partial charge on any atom is -1.00 e. The van der Waals surface area contributed by atoms with Crippen molar-refractivity contribution in [2.45, 2.75) is 13.5 Å². The maximum Gasteiger partial charge on any atom is 0.372 e. The van der Waals surface area contributed by atoms with Gasteiger partial charge in [0.15, 0.2) is 12.4 Å². The maximum absolute atomic E-state index is 11.2. The number of hydrogen-bond acceptors (Lipinski definition) is 2. The summed E-state index contributed by atoms with van der Waals surface area (Å²) in [5, 5.41) is 0. The summed E-state index contributed by atoms with van der Waals surface area (Å²) in [6, 6.07) is 3.88. The summed E-state index contributed by atoms with van der Waals surface area (Å²) in [5.74, 6) is -0.250. The molecule has 1 aromatic heterocycles. The molecule has 0 aromatic carbocycles. The van der Waals surface area contributed by atoms with Gasteiger partial charge in [0.05, 0.1) is 0 Å². The number of hydrogen-bond donors (Lipinski definition) is 0. The first-order valence-corrected chi connectivity index (χ1v) is 4.44. The highest BCUT2D eigenvalue weighted by molar-refractivity contribution is 5.67. The van der Waals surface area contributed by atoms with Gasteiger partial charge in [-0.3, -0.25) is 0 Å². The Morgan fingerprint density at radius 3 is 3.00 bits per heavy atom. The Kier molecular flexibility index (Phi) is 6.62. The quantitative estimate of drug-likeness (QED) is 0.361. The van der Waals surface area contributed by atoms with Crippen LogP contribution in [0.1, 0.15) is 5.56 Å². The molecule has 4 heteroatoms. The molecule has 3 nitrogen and oxygen atoms in total. The maximum atomic E-state index is 11.2. The largest absolute Gasteiger partial charge is 1.00 e. The molecule has 0 unspecified atom stereocenters. The van der Waals surface area contributed by atoms with Gasteiger partial charge in [-0.15, -0.1) is 0 Å². The summed E-state index contributed by atoms with van der Waals surface area (Å²) in [6.45, 7) is 5.96. The normalized spacial score (nSPS) is 8.87. The average molecular weight is 272 g/mol. The molecule has 0 aliphatic heterocycles. The number of pyridine rings is 1. The zero-order chi connectivity index (χ0) is 10.4. The van der Waals surface area contributed by atoms with Crippen molar-refractivity contribution in [3.05, 3.63) is 42.7 Å². The molecule has 0 amide bonds. The monoisotopic (exact) mass is 271 g/mol. The van der Waals surface area contributed by atoms with Gasteiger partial charge in [-0.25, -0.2) is 4.79 Å². The van der Waals surface area contributed by atoms with Crippen LogP contribution in [0.3, 0.4) is 0 Å². The number of halogens is 1. The highest BCUT2D eigenvalue weighted by atomic mass is 79.9. The molecule has 0 aliphatic carbocycles. The SMILES string of the molecule is C=CCOC(=O)C[n+]1cccc(C)c1.[Br-]. The zero-order valence-electron chi connectivity index (χ0n) is 8.65. The molecule has 0 spiro atoms. The van der Waals surface area contributed by atoms with Crippen LogP contribution in [0, 0.1) is 6.92 Å². The first-order chi connectivity index (χ1) is 6.72. The van der Waals surface area contributed by atoms with Crippen LogP contribution in [0.2, 0.25) is 0 Å². The Labute approximate surface area is 100 Å². The van der Waals surface area contributed by atoms with Gasteiger partial charge in [-0.05, 0) is 13.0 Å². The second kappa shape index (κ2) is 7.17. The number of aryl methyl sites for hydroxylation is 1. The fourth-order valence-corrected chi connectivity index (χ4v) is 1.10. The molecule has 1 aromatic rings. The van der Waals surface area contributed by atoms with E-state index in [9.17, 15) is 4.79 Å². The van der Waals surface area contributed by atoms with Crippen LogP contribution in [-0.2, 0) is 16.1 Å². The van der Waals surface area contributed by atoms with Crippen molar-refractivity contribution >= 4 is 5.97 Å². The molecule has 1 heterocycles. The van der Waals surface area contributed by atoms with Crippen LogP contribution < -0.4 is 21.5 Å². The number of nitrogens with zero attached hydrogens (tertiary/aromatic N) is 1. The first kappa shape index (κ1) is 13.8. The van der Waals surface area contributed by atoms with Gasteiger partial charge in [-0.1, -0.05) is 12.7 Å². The average Bonchev–Trinajstić information content (AvgIpc) is 2.15. The van der Waals surface area contributed by atoms with E-state index in [-0.39, 0.29) is 36.1 Å². The minimum absolute atomic E-state index is 0. The number of carbonyl (C=O) groups excluding carboxylic acids is 1. The fraction of sp³-hybridized carbons (Fsp3) is 0.273. The van der Waals surface area contributed by atoms with E-state index in [1.807, 2.05) is 31.5 Å². The standard InChI is InChI=1S/C11H14NO2.BrH/c1-3-7-14-11(13)9-12-6-4-5-10(2)8-12;/h3-6,8H,1,7,9H2,2H3;1H/q+1;/p-1. The van der Waals surface area contributed by atoms with Gasteiger partial charge in [0, 0.05) is 11.6 Å². The molecule has 0 atom stereocenters. The predicted molar refractivity (Wildman–Crippen MR) is 52.5 cm³/mol. The van der Waals surface area contributed by atoms with E-state index in [2.05, 4.69) is 6.58 Å². The second-order valence-corrected chi connectivity index (χ2v) is 3.03. The molecule has 0 radical (unpaired) electrons. The molecule has 0 saturated carbocycles. The third-order valence-corrected chi connectivity index (χ3v) is 1.68. The van der Waals surface area contributed by atoms with Gasteiger partial charge < -0.3 is 21.7 Å². The molecule has 0 aliphatic rings. The van der Waals surface area contributed by atoms with Gasteiger partial charge >= 0.3 is 5.97 Å². The lowest BCUT2D eigenvalue weighted by atomic mass is 10.3. The molecule has 0 saturated heterocycles. The molecule has 0 N–H and O–H groups in total. The summed E-state index contributed by atoms with van der Waals surface area (Å²) in [5.41, 5.74) is 1.11. The van der Waals surface area contributed by atoms with E-state index in [0.717, 1.165) is 5.56 Å². The summed E-state index contributed by atoms with van der Waals surface area (Å²) in [4.78, 5) is 11.2. The van der Waals surface area contributed by atoms with Crippen LogP contribution in [0.5, 0.6) is 0 Å². The first-order valence-electron chi connectivity index (χ1n) is 4.44. The van der Waals surface area contributed by atoms with E-state index in [1.165, 1.54) is 0 Å². The van der Waals surface area contributed by atoms with E-state index in [1.54, 1.807) is 10.6 Å². The van der Waals surface area contributed by atoms with Crippen LogP contribution in [-0.4, -0.2) is 12.6 Å². The summed E-state index contributed by atoms with van der Waals surface area (Å²) in [6.07, 6.45) is 5.29. The second-order valence-electron chi connectivity index (χ2n) is 3.03. The lowest BCUT2D eigenvalue weighted by Crippen LogP contribution is -3.00. The Balaban J connectivity index is 0.00000196. The van der Waals surface area contributed by atoms with Crippen molar-refractivity contribution in [2.75, 3.05) is 6.61 Å². The summed E-state index contributed by atoms with van der Waals surface area (Å²) in [7, 11) is 0. The van der Waals surface area contributed by atoms with Crippen LogP contribution >= 0.6 is 0 Å². The van der Waals surface area contributed by atoms with Crippen molar-refractivity contribution in [3.8, 4) is 0 Å². The van der Waals surface area contributed by atoms with Gasteiger partial charge in [0.25, 0.3) is 0 Å². The highest BCUT2D eigenvalue weighted by Gasteiger charge is 2.09. The molecular formula is C11H14BrNO2. The third kappa shape index (κ3) is 5.32. The number of esters is 1. The lowest BCUT2D eigenvalue weighted by molar-refractivity contribution is -0.686. The fourth-order valence-electron chi connectivity index (χ4n) is 1.10. The summed E-state index contributed by atoms with van der Waals surface area (Å²) >= 11 is 0. The highest BCUT2D eigenvalue weighted by Crippen LogP contribution is 1.89. The van der Waals surface area contributed by atoms with Crippen molar-refractivity contribution in [1.82, 2.24) is 0 Å².